The third-order valence-corrected chi connectivity index (χ3v) is 5.12. The number of rotatable bonds is 8. The summed E-state index contributed by atoms with van der Waals surface area (Å²) >= 11 is 1.33. The van der Waals surface area contributed by atoms with Crippen molar-refractivity contribution in [3.05, 3.63) is 11.9 Å². The minimum atomic E-state index is -0.907. The average molecular weight is 429 g/mol. The molecular weight excluding hydrogens is 402 g/mol. The summed E-state index contributed by atoms with van der Waals surface area (Å²) in [5, 5.41) is 8.34. The van der Waals surface area contributed by atoms with Gasteiger partial charge in [0.05, 0.1) is 5.69 Å². The van der Waals surface area contributed by atoms with Gasteiger partial charge >= 0.3 is 17.9 Å². The molecule has 0 aromatic carbocycles. The Bertz CT molecular complexity index is 726. The van der Waals surface area contributed by atoms with Crippen LogP contribution in [-0.2, 0) is 39.8 Å². The summed E-state index contributed by atoms with van der Waals surface area (Å²) in [6, 6.07) is -0.701. The van der Waals surface area contributed by atoms with Crippen LogP contribution in [0.4, 0.5) is 0 Å². The van der Waals surface area contributed by atoms with E-state index >= 15 is 0 Å². The molecule has 29 heavy (non-hydrogen) atoms. The van der Waals surface area contributed by atoms with Gasteiger partial charge in [-0.25, -0.2) is 4.68 Å². The molecule has 10 nitrogen and oxygen atoms in total. The fourth-order valence-electron chi connectivity index (χ4n) is 3.20. The van der Waals surface area contributed by atoms with Crippen LogP contribution in [0, 0.1) is 0 Å². The zero-order valence-electron chi connectivity index (χ0n) is 17.2. The number of hydrogen-bond acceptors (Lipinski definition) is 10. The fraction of sp³-hybridized carbons (Fsp3) is 0.722. The summed E-state index contributed by atoms with van der Waals surface area (Å²) in [4.78, 5) is 34.9. The molecule has 0 unspecified atom stereocenters. The smallest absolute Gasteiger partial charge is 0.303 e. The molecule has 1 aliphatic rings. The molecule has 1 aromatic heterocycles. The number of carbonyl (C=O) groups is 3. The van der Waals surface area contributed by atoms with Crippen LogP contribution in [0.25, 0.3) is 0 Å². The van der Waals surface area contributed by atoms with Gasteiger partial charge in [-0.05, 0) is 12.7 Å². The predicted molar refractivity (Wildman–Crippen MR) is 103 cm³/mol. The van der Waals surface area contributed by atoms with E-state index in [1.54, 1.807) is 17.1 Å². The quantitative estimate of drug-likeness (QED) is 0.441. The largest absolute Gasteiger partial charge is 0.463 e. The van der Waals surface area contributed by atoms with Crippen molar-refractivity contribution in [2.45, 2.75) is 70.3 Å². The van der Waals surface area contributed by atoms with Gasteiger partial charge in [0.25, 0.3) is 0 Å². The third kappa shape index (κ3) is 6.17. The van der Waals surface area contributed by atoms with E-state index in [-0.39, 0.29) is 6.61 Å². The van der Waals surface area contributed by atoms with E-state index in [1.165, 1.54) is 32.5 Å². The number of hydrogen-bond donors (Lipinski definition) is 0. The van der Waals surface area contributed by atoms with Gasteiger partial charge in [0.15, 0.2) is 12.2 Å². The van der Waals surface area contributed by atoms with Crippen molar-refractivity contribution in [3.8, 4) is 0 Å². The molecule has 2 rings (SSSR count). The van der Waals surface area contributed by atoms with E-state index < -0.39 is 47.7 Å². The zero-order valence-corrected chi connectivity index (χ0v) is 18.0. The molecule has 0 saturated carbocycles. The SMILES string of the molecule is CCCc1cn([C@H]2[C@@H](OC(C)=O)[C@@H](COC(C)=O)O[C@@H](SC)[C@@H]2OC(C)=O)nn1. The minimum absolute atomic E-state index is 0.121. The Morgan fingerprint density at radius 1 is 1.14 bits per heavy atom. The van der Waals surface area contributed by atoms with Gasteiger partial charge in [0.2, 0.25) is 0 Å². The number of aromatic nitrogens is 3. The third-order valence-electron chi connectivity index (χ3n) is 4.27. The summed E-state index contributed by atoms with van der Waals surface area (Å²) in [5.41, 5.74) is 0.175. The molecule has 0 aliphatic carbocycles. The van der Waals surface area contributed by atoms with Gasteiger partial charge in [-0.15, -0.1) is 16.9 Å². The monoisotopic (exact) mass is 429 g/mol. The van der Waals surface area contributed by atoms with Crippen LogP contribution in [0.2, 0.25) is 0 Å². The molecule has 1 aromatic rings. The highest BCUT2D eigenvalue weighted by Crippen LogP contribution is 2.38. The van der Waals surface area contributed by atoms with Crippen LogP contribution in [0.5, 0.6) is 0 Å². The molecule has 1 fully saturated rings. The normalized spacial score (nSPS) is 26.6. The Hall–Kier alpha value is -2.14. The number of aryl methyl sites for hydroxylation is 1. The van der Waals surface area contributed by atoms with Gasteiger partial charge in [-0.3, -0.25) is 14.4 Å². The van der Waals surface area contributed by atoms with Crippen LogP contribution >= 0.6 is 11.8 Å². The Morgan fingerprint density at radius 3 is 2.34 bits per heavy atom. The fourth-order valence-corrected chi connectivity index (χ4v) is 3.94. The molecule has 0 spiro atoms. The molecule has 0 amide bonds. The zero-order chi connectivity index (χ0) is 21.6. The molecule has 0 radical (unpaired) electrons. The highest BCUT2D eigenvalue weighted by molar-refractivity contribution is 7.99. The van der Waals surface area contributed by atoms with Crippen molar-refractivity contribution in [2.24, 2.45) is 0 Å². The first-order valence-corrected chi connectivity index (χ1v) is 10.6. The highest BCUT2D eigenvalue weighted by atomic mass is 32.2. The first kappa shape index (κ1) is 23.1. The van der Waals surface area contributed by atoms with E-state index in [9.17, 15) is 14.4 Å². The van der Waals surface area contributed by atoms with Crippen molar-refractivity contribution in [1.29, 1.82) is 0 Å². The maximum absolute atomic E-state index is 11.8. The van der Waals surface area contributed by atoms with Crippen molar-refractivity contribution < 1.29 is 33.3 Å². The first-order valence-electron chi connectivity index (χ1n) is 9.33. The van der Waals surface area contributed by atoms with Crippen LogP contribution in [0.1, 0.15) is 45.9 Å². The number of nitrogens with zero attached hydrogens (tertiary/aromatic N) is 3. The Balaban J connectivity index is 2.47. The first-order chi connectivity index (χ1) is 13.8. The Morgan fingerprint density at radius 2 is 1.79 bits per heavy atom. The summed E-state index contributed by atoms with van der Waals surface area (Å²) in [5.74, 6) is -1.54. The van der Waals surface area contributed by atoms with E-state index in [2.05, 4.69) is 10.3 Å². The van der Waals surface area contributed by atoms with Gasteiger partial charge in [0.1, 0.15) is 24.2 Å². The van der Waals surface area contributed by atoms with Crippen molar-refractivity contribution in [3.63, 3.8) is 0 Å². The molecule has 0 N–H and O–H groups in total. The number of esters is 3. The summed E-state index contributed by atoms with van der Waals surface area (Å²) in [7, 11) is 0. The predicted octanol–water partition coefficient (Wildman–Crippen LogP) is 1.29. The second kappa shape index (κ2) is 10.6. The number of ether oxygens (including phenoxy) is 4. The van der Waals surface area contributed by atoms with Crippen LogP contribution in [0.15, 0.2) is 6.20 Å². The summed E-state index contributed by atoms with van der Waals surface area (Å²) < 4.78 is 23.7. The van der Waals surface area contributed by atoms with Gasteiger partial charge in [-0.1, -0.05) is 18.6 Å². The van der Waals surface area contributed by atoms with Crippen LogP contribution < -0.4 is 0 Å². The molecule has 1 aliphatic heterocycles. The van der Waals surface area contributed by atoms with Crippen molar-refractivity contribution in [1.82, 2.24) is 15.0 Å². The maximum Gasteiger partial charge on any atom is 0.303 e. The van der Waals surface area contributed by atoms with Crippen molar-refractivity contribution in [2.75, 3.05) is 12.9 Å². The lowest BCUT2D eigenvalue weighted by Crippen LogP contribution is -2.57. The van der Waals surface area contributed by atoms with E-state index in [0.717, 1.165) is 18.5 Å². The standard InChI is InChI=1S/C18H27N3O7S/c1-6-7-13-8-21(20-19-13)15-16(26-11(3)23)14(9-25-10(2)22)28-18(29-5)17(15)27-12(4)24/h8,14-18H,6-7,9H2,1-5H3/t14-,15+,16+,17-,18+/m1/s1. The van der Waals surface area contributed by atoms with E-state index in [0.29, 0.717) is 0 Å². The average Bonchev–Trinajstić information content (AvgIpc) is 3.08. The van der Waals surface area contributed by atoms with Crippen LogP contribution in [0.3, 0.4) is 0 Å². The molecular formula is C18H27N3O7S. The molecule has 0 bridgehead atoms. The Kier molecular flexibility index (Phi) is 8.45. The van der Waals surface area contributed by atoms with E-state index in [1.807, 2.05) is 6.92 Å². The van der Waals surface area contributed by atoms with Crippen molar-refractivity contribution >= 4 is 29.7 Å². The topological polar surface area (TPSA) is 119 Å². The minimum Gasteiger partial charge on any atom is -0.463 e. The van der Waals surface area contributed by atoms with Gasteiger partial charge < -0.3 is 18.9 Å². The summed E-state index contributed by atoms with van der Waals surface area (Å²) in [6.45, 7) is 5.75. The molecule has 11 heteroatoms. The second-order valence-corrected chi connectivity index (χ2v) is 7.60. The van der Waals surface area contributed by atoms with Crippen LogP contribution in [-0.4, -0.2) is 69.5 Å². The lowest BCUT2D eigenvalue weighted by Gasteiger charge is -2.44. The van der Waals surface area contributed by atoms with E-state index in [4.69, 9.17) is 18.9 Å². The maximum atomic E-state index is 11.8. The van der Waals surface area contributed by atoms with Gasteiger partial charge in [-0.2, -0.15) is 0 Å². The number of carbonyl (C=O) groups excluding carboxylic acids is 3. The highest BCUT2D eigenvalue weighted by Gasteiger charge is 2.51. The number of thioether (sulfide) groups is 1. The molecule has 2 heterocycles. The lowest BCUT2D eigenvalue weighted by atomic mass is 9.96. The molecule has 5 atom stereocenters. The lowest BCUT2D eigenvalue weighted by molar-refractivity contribution is -0.212. The second-order valence-electron chi connectivity index (χ2n) is 6.66. The molecule has 162 valence electrons. The Labute approximate surface area is 173 Å². The van der Waals surface area contributed by atoms with Gasteiger partial charge in [0, 0.05) is 27.0 Å². The summed E-state index contributed by atoms with van der Waals surface area (Å²) in [6.07, 6.45) is 2.69. The molecule has 1 saturated heterocycles.